The number of amides is 3. The summed E-state index contributed by atoms with van der Waals surface area (Å²) in [4.78, 5) is 44.9. The van der Waals surface area contributed by atoms with Crippen LogP contribution in [0.1, 0.15) is 48.8 Å². The predicted molar refractivity (Wildman–Crippen MR) is 127 cm³/mol. The number of pyridine rings is 1. The molecular formula is C25H29N5O6. The Balaban J connectivity index is 1.51. The van der Waals surface area contributed by atoms with Crippen molar-refractivity contribution < 1.29 is 28.1 Å². The first-order chi connectivity index (χ1) is 17.5. The molecule has 190 valence electrons. The fourth-order valence-corrected chi connectivity index (χ4v) is 4.02. The molecule has 1 fully saturated rings. The summed E-state index contributed by atoms with van der Waals surface area (Å²) in [6.07, 6.45) is 6.19. The maximum atomic E-state index is 13.5. The molecule has 3 amide bonds. The van der Waals surface area contributed by atoms with Crippen molar-refractivity contribution in [2.24, 2.45) is 0 Å². The van der Waals surface area contributed by atoms with Crippen LogP contribution in [0.3, 0.4) is 0 Å². The lowest BCUT2D eigenvalue weighted by Gasteiger charge is -2.31. The third-order valence-corrected chi connectivity index (χ3v) is 5.78. The van der Waals surface area contributed by atoms with E-state index in [2.05, 4.69) is 20.8 Å². The van der Waals surface area contributed by atoms with Crippen molar-refractivity contribution in [2.75, 3.05) is 18.5 Å². The summed E-state index contributed by atoms with van der Waals surface area (Å²) in [5.41, 5.74) is 0.546. The van der Waals surface area contributed by atoms with Crippen LogP contribution in [0, 0.1) is 6.92 Å². The van der Waals surface area contributed by atoms with Crippen molar-refractivity contribution in [1.29, 1.82) is 0 Å². The molecule has 1 aliphatic rings. The van der Waals surface area contributed by atoms with Gasteiger partial charge in [0.1, 0.15) is 17.6 Å². The van der Waals surface area contributed by atoms with Gasteiger partial charge in [-0.25, -0.2) is 0 Å². The maximum absolute atomic E-state index is 13.5. The number of nitrogens with zero attached hydrogens (tertiary/aromatic N) is 3. The van der Waals surface area contributed by atoms with E-state index in [9.17, 15) is 14.4 Å². The molecule has 3 aromatic rings. The summed E-state index contributed by atoms with van der Waals surface area (Å²) in [7, 11) is 0. The zero-order valence-corrected chi connectivity index (χ0v) is 20.0. The third kappa shape index (κ3) is 6.79. The number of hydrogen-bond acceptors (Lipinski definition) is 8. The number of aromatic nitrogens is 2. The summed E-state index contributed by atoms with van der Waals surface area (Å²) < 4.78 is 16.0. The fraction of sp³-hybridized carbons (Fsp3) is 0.400. The Hall–Kier alpha value is -3.99. The molecule has 0 bridgehead atoms. The molecule has 1 saturated heterocycles. The first-order valence-electron chi connectivity index (χ1n) is 11.8. The van der Waals surface area contributed by atoms with Crippen LogP contribution in [0.2, 0.25) is 0 Å². The minimum atomic E-state index is -0.973. The fourth-order valence-electron chi connectivity index (χ4n) is 4.02. The molecule has 0 saturated carbocycles. The first kappa shape index (κ1) is 25.1. The third-order valence-electron chi connectivity index (χ3n) is 5.78. The van der Waals surface area contributed by atoms with E-state index in [1.54, 1.807) is 49.6 Å². The second-order valence-corrected chi connectivity index (χ2v) is 8.54. The first-order valence-corrected chi connectivity index (χ1v) is 11.8. The Labute approximate surface area is 208 Å². The van der Waals surface area contributed by atoms with Gasteiger partial charge in [-0.15, -0.1) is 0 Å². The summed E-state index contributed by atoms with van der Waals surface area (Å²) in [5, 5.41) is 9.25. The number of carbonyl (C=O) groups excluding carboxylic acids is 3. The summed E-state index contributed by atoms with van der Waals surface area (Å²) in [5.74, 6) is 0.195. The average Bonchev–Trinajstić information content (AvgIpc) is 3.66. The number of anilines is 1. The van der Waals surface area contributed by atoms with E-state index in [1.165, 1.54) is 11.2 Å². The highest BCUT2D eigenvalue weighted by molar-refractivity contribution is 5.94. The number of nitrogens with one attached hydrogen (secondary N) is 2. The molecule has 2 unspecified atom stereocenters. The zero-order chi connectivity index (χ0) is 25.3. The molecule has 11 heteroatoms. The van der Waals surface area contributed by atoms with Gasteiger partial charge in [0.2, 0.25) is 17.7 Å². The number of rotatable bonds is 11. The number of hydrogen-bond donors (Lipinski definition) is 2. The van der Waals surface area contributed by atoms with E-state index in [4.69, 9.17) is 13.7 Å². The van der Waals surface area contributed by atoms with E-state index in [0.717, 1.165) is 12.8 Å². The predicted octanol–water partition coefficient (Wildman–Crippen LogP) is 2.76. The molecule has 4 heterocycles. The van der Waals surface area contributed by atoms with Crippen LogP contribution in [0.4, 0.5) is 5.82 Å². The lowest BCUT2D eigenvalue weighted by Crippen LogP contribution is -2.45. The molecule has 3 aromatic heterocycles. The van der Waals surface area contributed by atoms with Crippen molar-refractivity contribution in [3.05, 3.63) is 66.1 Å². The normalized spacial score (nSPS) is 15.9. The Morgan fingerprint density at radius 2 is 2.11 bits per heavy atom. The SMILES string of the molecule is Cc1cc(NC(=O)CCC(=O)N(Cc2ccco2)C(C(=O)NCC2CCCO2)c2cccnc2)no1. The minimum Gasteiger partial charge on any atom is -0.467 e. The van der Waals surface area contributed by atoms with Gasteiger partial charge in [-0.3, -0.25) is 19.4 Å². The van der Waals surface area contributed by atoms with Crippen LogP contribution in [-0.2, 0) is 25.7 Å². The molecule has 0 aromatic carbocycles. The summed E-state index contributed by atoms with van der Waals surface area (Å²) in [6, 6.07) is 7.50. The lowest BCUT2D eigenvalue weighted by atomic mass is 10.0. The van der Waals surface area contributed by atoms with Crippen LogP contribution in [0.5, 0.6) is 0 Å². The van der Waals surface area contributed by atoms with E-state index >= 15 is 0 Å². The standard InChI is InChI=1S/C25H29N5O6/c1-17-13-21(29-36-17)28-22(31)8-9-23(32)30(16-20-7-4-12-35-20)24(18-5-2-10-26-14-18)25(33)27-15-19-6-3-11-34-19/h2,4-5,7,10,12-14,19,24H,3,6,8-9,11,15-16H2,1H3,(H,27,33)(H,28,29,31). The van der Waals surface area contributed by atoms with Gasteiger partial charge in [0, 0.05) is 50.0 Å². The van der Waals surface area contributed by atoms with Gasteiger partial charge in [0.05, 0.1) is 18.9 Å². The van der Waals surface area contributed by atoms with Crippen LogP contribution >= 0.6 is 0 Å². The van der Waals surface area contributed by atoms with Crippen LogP contribution in [-0.4, -0.2) is 52.0 Å². The van der Waals surface area contributed by atoms with Crippen LogP contribution in [0.15, 0.2) is 57.9 Å². The van der Waals surface area contributed by atoms with Crippen molar-refractivity contribution in [3.8, 4) is 0 Å². The second-order valence-electron chi connectivity index (χ2n) is 8.54. The summed E-state index contributed by atoms with van der Waals surface area (Å²) >= 11 is 0. The highest BCUT2D eigenvalue weighted by Crippen LogP contribution is 2.25. The van der Waals surface area contributed by atoms with E-state index in [0.29, 0.717) is 30.2 Å². The molecule has 0 spiro atoms. The van der Waals surface area contributed by atoms with Crippen molar-refractivity contribution in [3.63, 3.8) is 0 Å². The average molecular weight is 496 g/mol. The lowest BCUT2D eigenvalue weighted by molar-refractivity contribution is -0.142. The zero-order valence-electron chi connectivity index (χ0n) is 20.0. The van der Waals surface area contributed by atoms with Crippen molar-refractivity contribution in [2.45, 2.75) is 51.3 Å². The number of aryl methyl sites for hydroxylation is 1. The number of furan rings is 1. The second kappa shape index (κ2) is 12.1. The van der Waals surface area contributed by atoms with Crippen molar-refractivity contribution >= 4 is 23.5 Å². The molecule has 36 heavy (non-hydrogen) atoms. The van der Waals surface area contributed by atoms with Crippen molar-refractivity contribution in [1.82, 2.24) is 20.4 Å². The largest absolute Gasteiger partial charge is 0.467 e. The monoisotopic (exact) mass is 495 g/mol. The highest BCUT2D eigenvalue weighted by atomic mass is 16.5. The molecule has 0 aliphatic carbocycles. The van der Waals surface area contributed by atoms with Gasteiger partial charge in [0.25, 0.3) is 0 Å². The smallest absolute Gasteiger partial charge is 0.247 e. The molecule has 1 aliphatic heterocycles. The minimum absolute atomic E-state index is 0.0445. The molecule has 4 rings (SSSR count). The Morgan fingerprint density at radius 1 is 1.22 bits per heavy atom. The Morgan fingerprint density at radius 3 is 2.78 bits per heavy atom. The van der Waals surface area contributed by atoms with E-state index in [1.807, 2.05) is 0 Å². The molecule has 11 nitrogen and oxygen atoms in total. The van der Waals surface area contributed by atoms with Gasteiger partial charge in [-0.2, -0.15) is 0 Å². The Kier molecular flexibility index (Phi) is 8.45. The van der Waals surface area contributed by atoms with Crippen LogP contribution in [0.25, 0.3) is 0 Å². The molecule has 0 radical (unpaired) electrons. The maximum Gasteiger partial charge on any atom is 0.247 e. The molecular weight excluding hydrogens is 466 g/mol. The van der Waals surface area contributed by atoms with E-state index in [-0.39, 0.29) is 43.1 Å². The summed E-state index contributed by atoms with van der Waals surface area (Å²) in [6.45, 7) is 2.77. The quantitative estimate of drug-likeness (QED) is 0.414. The van der Waals surface area contributed by atoms with E-state index < -0.39 is 11.9 Å². The topological polar surface area (TPSA) is 140 Å². The van der Waals surface area contributed by atoms with Gasteiger partial charge >= 0.3 is 0 Å². The highest BCUT2D eigenvalue weighted by Gasteiger charge is 2.33. The molecule has 2 atom stereocenters. The van der Waals surface area contributed by atoms with Gasteiger partial charge in [-0.05, 0) is 38.0 Å². The Bertz CT molecular complexity index is 1140. The van der Waals surface area contributed by atoms with Gasteiger partial charge < -0.3 is 29.2 Å². The van der Waals surface area contributed by atoms with Gasteiger partial charge in [-0.1, -0.05) is 11.2 Å². The van der Waals surface area contributed by atoms with Gasteiger partial charge in [0.15, 0.2) is 5.82 Å². The number of carbonyl (C=O) groups is 3. The van der Waals surface area contributed by atoms with Crippen LogP contribution < -0.4 is 10.6 Å². The molecule has 2 N–H and O–H groups in total. The number of ether oxygens (including phenoxy) is 1.